The molecule has 0 spiro atoms. The third-order valence-electron chi connectivity index (χ3n) is 3.09. The van der Waals surface area contributed by atoms with Crippen LogP contribution in [0.15, 0.2) is 58.3 Å². The molecule has 2 rings (SSSR count). The van der Waals surface area contributed by atoms with Crippen molar-refractivity contribution in [3.8, 4) is 0 Å². The van der Waals surface area contributed by atoms with Crippen molar-refractivity contribution in [2.75, 3.05) is 35.1 Å². The van der Waals surface area contributed by atoms with Crippen LogP contribution in [0, 0.1) is 36.1 Å². The number of hydrogen-bond acceptors (Lipinski definition) is 25. The van der Waals surface area contributed by atoms with E-state index in [2.05, 4.69) is 63.8 Å². The molecule has 7 atom stereocenters. The van der Waals surface area contributed by atoms with Gasteiger partial charge in [0.25, 0.3) is 32.1 Å². The van der Waals surface area contributed by atoms with Crippen LogP contribution in [0.25, 0.3) is 0 Å². The summed E-state index contributed by atoms with van der Waals surface area (Å²) in [5.74, 6) is 0. The van der Waals surface area contributed by atoms with Gasteiger partial charge in [-0.15, -0.1) is 9.24 Å². The van der Waals surface area contributed by atoms with Gasteiger partial charge in [-0.1, -0.05) is 56.9 Å². The normalized spacial score (nSPS) is 6.30. The fraction of sp³-hybridized carbons (Fsp3) is 0.346. The summed E-state index contributed by atoms with van der Waals surface area (Å²) < 4.78 is 171. The monoisotopic (exact) mass is 2660 g/mol. The third-order valence-corrected chi connectivity index (χ3v) is 36.4. The van der Waals surface area contributed by atoms with Crippen molar-refractivity contribution in [1.82, 2.24) is 0 Å². The second-order valence-electron chi connectivity index (χ2n) is 6.01. The van der Waals surface area contributed by atoms with Crippen molar-refractivity contribution in [3.63, 3.8) is 0 Å². The number of aryl methyl sites for hydroxylation is 2. The van der Waals surface area contributed by atoms with Gasteiger partial charge in [-0.2, -0.15) is 8.42 Å². The van der Waals surface area contributed by atoms with Crippen molar-refractivity contribution in [2.24, 2.45) is 0 Å². The predicted molar refractivity (Wildman–Crippen MR) is 449 cm³/mol. The average Bonchev–Trinajstić information content (AvgIpc) is 0.881. The molecule has 68 heteroatoms. The Morgan fingerprint density at radius 3 is 0.660 bits per heavy atom. The van der Waals surface area contributed by atoms with E-state index in [1.165, 1.54) is 117 Å². The van der Waals surface area contributed by atoms with Crippen molar-refractivity contribution < 1.29 is 662 Å². The van der Waals surface area contributed by atoms with Crippen molar-refractivity contribution >= 4 is 296 Å². The summed E-state index contributed by atoms with van der Waals surface area (Å²) >= 11 is 18.6. The van der Waals surface area contributed by atoms with Gasteiger partial charge >= 0.3 is 265 Å². The average molecular weight is 2670 g/mol. The van der Waals surface area contributed by atoms with E-state index in [0.717, 1.165) is 39.6 Å². The van der Waals surface area contributed by atoms with E-state index in [1.54, 1.807) is 131 Å². The molecular formula is C26H115ClK4Na2O25P7S22Y7-3. The number of halogens is 1. The summed E-state index contributed by atoms with van der Waals surface area (Å²) in [6.45, 7) is 5.28. The molecule has 0 amide bonds. The molecule has 25 nitrogen and oxygen atoms in total. The first kappa shape index (κ1) is 184. The summed E-state index contributed by atoms with van der Waals surface area (Å²) in [5, 5.41) is 44.9. The maximum Gasteiger partial charge on any atom is 1.00 e. The number of aliphatic hydroxyl groups is 4. The SMILES string of the molecule is C.C.CO.CO.CO.CO.CP.Cc1ccc(S(=O)(=O)Cl)cc1.Cc1ccc(S(=O)(=O)O)cc1.O.O.O.O=CO[O-].O=CO[O-].OP.OP.OP.OP.OP.OP.S=S=S=S=S=S=S=S=S=S.S=S=S=S=S=S=S=S=S=S.[3HH].[3HH].[3HH].[3HH].[3H][3H].[3H][3H].[3H][3H].[3H][3H].[3H][3H].[3H][3H].[3H][3H].[3H][3H].[3H][3H].[3H][3H].[3H][3H].[3H][3H].[CH3-].[CH3-].[CH3-].[H-].[H-].[H-].[K+].[K+].[K+].[K+].[Na+].[Na+].[OH-].[Y].[Y].[Y].[Y].[Y].[Y].[Y]. The Bertz CT molecular complexity index is 2240. The van der Waals surface area contributed by atoms with Gasteiger partial charge < -0.3 is 119 Å². The number of benzene rings is 2. The van der Waals surface area contributed by atoms with E-state index in [1.807, 2.05) is 20.5 Å². The molecular weight excluding hydrogens is 2490 g/mol. The van der Waals surface area contributed by atoms with Gasteiger partial charge in [0, 0.05) is 496 Å². The molecule has 0 bridgehead atoms. The van der Waals surface area contributed by atoms with E-state index in [4.69, 9.17) is 121 Å². The molecule has 0 saturated carbocycles. The standard InChI is InChI=1S/C7H7ClO2S.C7H8O3S.2CH2O3.4CH4O.CH5P.2CH4.3CH3.4K.2Na.6H3OP.4H2O.2S10.7Y.16H2.3H/c2*1-6-2-4-7(5-3-6)11(8,9)10;2*2-1-4-3;5*1-2;;;;;;;;;;;;6*1-2;;;;;2*1-3-5-7-9-10-8-6-4-2;;;;;;;;;;;;;;;;;;;;;;;;;;/h2-5H,1H3;2-5H,1H3,(H,8,9,10);2*1,3H;4*2H,1H3;2H2,1H3;2*1H4;3*1H3;;;;;;;6*1H,2H2;4*1H2;;;;;;;;;;16*1H;;;/q;;;;;;;;;;;3*-1;6*+1;;;;;;;;;;;;;;;;;;;;;;;;;;;;;;;;;;;;3*-1/p-3/i;;;;;;;;;;;;;;;;;;;;;;;;;;;;;;;;;;;;;;;12*1+2T;4*1+2;;;. The van der Waals surface area contributed by atoms with E-state index < -0.39 is 19.2 Å². The molecule has 0 heterocycles. The van der Waals surface area contributed by atoms with Crippen molar-refractivity contribution in [2.45, 2.75) is 38.5 Å². The van der Waals surface area contributed by atoms with Crippen LogP contribution < -0.4 is 275 Å². The third kappa shape index (κ3) is 298. The number of aliphatic hydroxyl groups excluding tert-OH is 4. The molecule has 7 radical (unpaired) electrons. The Morgan fingerprint density at radius 2 is 0.564 bits per heavy atom. The zero-order chi connectivity index (χ0) is 85.1. The molecule has 18 N–H and O–H groups in total. The number of carbonyl (C=O) groups is 2. The molecule has 0 aliphatic rings. The summed E-state index contributed by atoms with van der Waals surface area (Å²) in [7, 11) is 37.8. The van der Waals surface area contributed by atoms with E-state index in [9.17, 15) is 16.8 Å². The number of hydrogen-bond donors (Lipinski definition) is 11. The van der Waals surface area contributed by atoms with Gasteiger partial charge in [0.1, 0.15) is 0 Å². The van der Waals surface area contributed by atoms with Gasteiger partial charge in [-0.25, -0.2) is 8.42 Å². The maximum absolute atomic E-state index is 10.7. The van der Waals surface area contributed by atoms with Crippen LogP contribution in [0.5, 0.6) is 0 Å². The van der Waals surface area contributed by atoms with Gasteiger partial charge in [-0.3, -0.25) is 14.1 Å². The number of rotatable bonds is 4. The van der Waals surface area contributed by atoms with Crippen LogP contribution >= 0.6 is 76.7 Å². The Morgan fingerprint density at radius 1 is 0.447 bits per heavy atom. The predicted octanol–water partition coefficient (Wildman–Crippen LogP) is -16.2. The van der Waals surface area contributed by atoms with Crippen LogP contribution in [0.1, 0.15) is 71.6 Å². The first-order chi connectivity index (χ1) is 46.7. The summed E-state index contributed by atoms with van der Waals surface area (Å²) in [6, 6.07) is 12.4. The Hall–Kier alpha value is 20.6. The van der Waals surface area contributed by atoms with Gasteiger partial charge in [0.15, 0.2) is 0 Å². The van der Waals surface area contributed by atoms with Crippen LogP contribution in [0.2, 0.25) is 0 Å². The smallest absolute Gasteiger partial charge is 1.00 e. The maximum atomic E-state index is 10.7. The molecule has 573 valence electrons. The Balaban J connectivity index is -0.00000000749. The second kappa shape index (κ2) is 273. The van der Waals surface area contributed by atoms with E-state index in [-0.39, 0.29) is 585 Å². The van der Waals surface area contributed by atoms with Crippen LogP contribution in [0.4, 0.5) is 0 Å². The van der Waals surface area contributed by atoms with Gasteiger partial charge in [-0.05, 0) is 94.9 Å². The van der Waals surface area contributed by atoms with Gasteiger partial charge in [0.05, 0.1) is 9.79 Å². The van der Waals surface area contributed by atoms with Crippen molar-refractivity contribution in [3.05, 3.63) is 81.9 Å². The number of carbonyl (C=O) groups excluding carboxylic acids is 2. The Kier molecular flexibility index (Phi) is 535. The summed E-state index contributed by atoms with van der Waals surface area (Å²) in [5.41, 5.74) is 1.96. The molecule has 0 aliphatic carbocycles. The topological polar surface area (TPSA) is 514 Å². The first-order valence-electron chi connectivity index (χ1n) is 26.2. The van der Waals surface area contributed by atoms with Crippen LogP contribution in [0.3, 0.4) is 0 Å². The van der Waals surface area contributed by atoms with Crippen LogP contribution in [-0.2, 0) is 454 Å². The molecule has 94 heavy (non-hydrogen) atoms. The molecule has 2 aromatic carbocycles. The van der Waals surface area contributed by atoms with Crippen LogP contribution in [-0.4, -0.2) is 141 Å². The molecule has 0 aromatic heterocycles. The minimum absolute atomic E-state index is 0. The molecule has 7 unspecified atom stereocenters. The quantitative estimate of drug-likeness (QED) is 0.0198. The summed E-state index contributed by atoms with van der Waals surface area (Å²) in [4.78, 5) is 64.1. The minimum atomic E-state index is -4.02. The summed E-state index contributed by atoms with van der Waals surface area (Å²) in [6.07, 6.45) is 0. The largest absolute Gasteiger partial charge is 1.00 e. The minimum Gasteiger partial charge on any atom is -1.00 e. The Labute approximate surface area is 1090 Å². The molecule has 2 aromatic rings. The molecule has 0 saturated heterocycles. The van der Waals surface area contributed by atoms with Crippen molar-refractivity contribution in [1.29, 1.82) is 0 Å². The second-order valence-corrected chi connectivity index (χ2v) is 38.3. The molecule has 0 aliphatic heterocycles. The van der Waals surface area contributed by atoms with E-state index in [0.29, 0.717) is 0 Å². The van der Waals surface area contributed by atoms with E-state index >= 15 is 0 Å². The zero-order valence-electron chi connectivity index (χ0n) is 79.2. The fourth-order valence-corrected chi connectivity index (χ4v) is 35.7. The molecule has 0 fully saturated rings. The van der Waals surface area contributed by atoms with Gasteiger partial charge in [0.2, 0.25) is 0 Å². The zero-order valence-corrected chi connectivity index (χ0v) is 115. The fourth-order valence-electron chi connectivity index (χ4n) is 1.55. The first-order valence-corrected chi connectivity index (χ1v) is 46.2.